The lowest BCUT2D eigenvalue weighted by Gasteiger charge is -2.27. The zero-order valence-corrected chi connectivity index (χ0v) is 10.8. The van der Waals surface area contributed by atoms with Crippen LogP contribution in [0, 0.1) is 0 Å². The Morgan fingerprint density at radius 3 is 2.50 bits per heavy atom. The zero-order valence-electron chi connectivity index (χ0n) is 10.8. The molecule has 1 N–H and O–H groups in total. The van der Waals surface area contributed by atoms with Gasteiger partial charge >= 0.3 is 0 Å². The number of rotatable bonds is 4. The molecule has 18 heavy (non-hydrogen) atoms. The van der Waals surface area contributed by atoms with Gasteiger partial charge in [0.05, 0.1) is 17.9 Å². The minimum Gasteiger partial charge on any atom is -0.311 e. The summed E-state index contributed by atoms with van der Waals surface area (Å²) in [5, 5.41) is 11.5. The third-order valence-corrected chi connectivity index (χ3v) is 4.02. The first-order chi connectivity index (χ1) is 8.78. The molecule has 1 atom stereocenters. The van der Waals surface area contributed by atoms with Gasteiger partial charge in [0.15, 0.2) is 0 Å². The van der Waals surface area contributed by atoms with E-state index < -0.39 is 0 Å². The molecule has 0 amide bonds. The maximum Gasteiger partial charge on any atom is 0.0762 e. The van der Waals surface area contributed by atoms with Crippen molar-refractivity contribution in [2.75, 3.05) is 7.05 Å². The van der Waals surface area contributed by atoms with Crippen LogP contribution in [0.15, 0.2) is 36.5 Å². The van der Waals surface area contributed by atoms with E-state index in [-0.39, 0.29) is 11.5 Å². The lowest BCUT2D eigenvalue weighted by Crippen LogP contribution is -2.31. The Morgan fingerprint density at radius 1 is 1.28 bits per heavy atom. The second-order valence-corrected chi connectivity index (χ2v) is 5.03. The fourth-order valence-corrected chi connectivity index (χ4v) is 2.92. The number of hydrogen-bond acceptors (Lipinski definition) is 3. The van der Waals surface area contributed by atoms with Crippen LogP contribution in [0.5, 0.6) is 0 Å². The number of aromatic nitrogens is 3. The Hall–Kier alpha value is -1.68. The molecule has 1 heterocycles. The molecule has 4 heteroatoms. The number of likely N-dealkylation sites (N-methyl/N-ethyl adjacent to an activating group) is 1. The first-order valence-corrected chi connectivity index (χ1v) is 6.35. The van der Waals surface area contributed by atoms with E-state index in [0.717, 1.165) is 5.69 Å². The molecule has 4 nitrogen and oxygen atoms in total. The van der Waals surface area contributed by atoms with E-state index in [1.807, 2.05) is 25.0 Å². The monoisotopic (exact) mass is 242 g/mol. The van der Waals surface area contributed by atoms with E-state index in [1.54, 1.807) is 0 Å². The maximum atomic E-state index is 4.05. The van der Waals surface area contributed by atoms with Gasteiger partial charge in [-0.1, -0.05) is 35.5 Å². The van der Waals surface area contributed by atoms with E-state index in [9.17, 15) is 0 Å². The highest BCUT2D eigenvalue weighted by Crippen LogP contribution is 2.56. The van der Waals surface area contributed by atoms with E-state index in [0.29, 0.717) is 0 Å². The lowest BCUT2D eigenvalue weighted by molar-refractivity contribution is 0.434. The molecule has 2 aromatic rings. The number of hydrogen-bond donors (Lipinski definition) is 1. The van der Waals surface area contributed by atoms with Gasteiger partial charge in [-0.15, -0.1) is 5.10 Å². The highest BCUT2D eigenvalue weighted by Gasteiger charge is 2.51. The van der Waals surface area contributed by atoms with Crippen molar-refractivity contribution in [3.63, 3.8) is 0 Å². The van der Waals surface area contributed by atoms with Crippen molar-refractivity contribution in [2.45, 2.75) is 24.3 Å². The first-order valence-electron chi connectivity index (χ1n) is 6.35. The van der Waals surface area contributed by atoms with Crippen LogP contribution in [0.1, 0.15) is 30.1 Å². The second-order valence-electron chi connectivity index (χ2n) is 5.03. The van der Waals surface area contributed by atoms with Crippen molar-refractivity contribution in [3.8, 4) is 0 Å². The van der Waals surface area contributed by atoms with Gasteiger partial charge in [-0.2, -0.15) is 0 Å². The van der Waals surface area contributed by atoms with Crippen LogP contribution in [0.3, 0.4) is 0 Å². The molecule has 0 bridgehead atoms. The van der Waals surface area contributed by atoms with Crippen LogP contribution in [0.25, 0.3) is 0 Å². The third-order valence-electron chi connectivity index (χ3n) is 4.02. The molecule has 1 aliphatic carbocycles. The summed E-state index contributed by atoms with van der Waals surface area (Å²) in [6, 6.07) is 11.0. The van der Waals surface area contributed by atoms with E-state index in [4.69, 9.17) is 0 Å². The predicted molar refractivity (Wildman–Crippen MR) is 70.2 cm³/mol. The van der Waals surface area contributed by atoms with Crippen LogP contribution in [-0.4, -0.2) is 22.0 Å². The summed E-state index contributed by atoms with van der Waals surface area (Å²) in [6.45, 7) is 0. The highest BCUT2D eigenvalue weighted by atomic mass is 15.4. The van der Waals surface area contributed by atoms with E-state index >= 15 is 0 Å². The molecule has 1 aromatic carbocycles. The molecule has 0 spiro atoms. The summed E-state index contributed by atoms with van der Waals surface area (Å²) in [4.78, 5) is 0. The molecule has 3 rings (SSSR count). The molecule has 1 fully saturated rings. The average Bonchev–Trinajstić information content (AvgIpc) is 3.10. The van der Waals surface area contributed by atoms with Gasteiger partial charge in [-0.25, -0.2) is 0 Å². The number of aryl methyl sites for hydroxylation is 1. The topological polar surface area (TPSA) is 42.7 Å². The Balaban J connectivity index is 2.00. The van der Waals surface area contributed by atoms with Crippen molar-refractivity contribution in [3.05, 3.63) is 47.8 Å². The van der Waals surface area contributed by atoms with E-state index in [1.165, 1.54) is 18.4 Å². The lowest BCUT2D eigenvalue weighted by atomic mass is 9.86. The Labute approximate surface area is 107 Å². The molecule has 0 aliphatic heterocycles. The molecular weight excluding hydrogens is 224 g/mol. The molecule has 1 aliphatic rings. The Morgan fingerprint density at radius 2 is 2.00 bits per heavy atom. The van der Waals surface area contributed by atoms with Gasteiger partial charge in [0.1, 0.15) is 0 Å². The van der Waals surface area contributed by atoms with Crippen molar-refractivity contribution in [1.29, 1.82) is 0 Å². The summed E-state index contributed by atoms with van der Waals surface area (Å²) < 4.78 is 1.87. The predicted octanol–water partition coefficient (Wildman–Crippen LogP) is 1.81. The first kappa shape index (κ1) is 11.4. The molecule has 1 unspecified atom stereocenters. The van der Waals surface area contributed by atoms with Gasteiger partial charge in [0.25, 0.3) is 0 Å². The normalized spacial score (nSPS) is 18.6. The van der Waals surface area contributed by atoms with Crippen LogP contribution < -0.4 is 5.32 Å². The quantitative estimate of drug-likeness (QED) is 0.889. The highest BCUT2D eigenvalue weighted by molar-refractivity contribution is 5.36. The second kappa shape index (κ2) is 4.21. The Bertz CT molecular complexity index is 528. The number of nitrogens with zero attached hydrogens (tertiary/aromatic N) is 3. The minimum atomic E-state index is 0.214. The summed E-state index contributed by atoms with van der Waals surface area (Å²) >= 11 is 0. The van der Waals surface area contributed by atoms with Crippen molar-refractivity contribution in [1.82, 2.24) is 20.3 Å². The molecular formula is C14H18N4. The minimum absolute atomic E-state index is 0.214. The standard InChI is InChI=1S/C14H18N4/c1-15-13(12-10-16-17-18(12)2)14(8-9-14)11-6-4-3-5-7-11/h3-7,10,13,15H,8-9H2,1-2H3. The van der Waals surface area contributed by atoms with Gasteiger partial charge in [0.2, 0.25) is 0 Å². The maximum absolute atomic E-state index is 4.05. The Kier molecular flexibility index (Phi) is 2.67. The largest absolute Gasteiger partial charge is 0.311 e. The van der Waals surface area contributed by atoms with Crippen LogP contribution in [-0.2, 0) is 12.5 Å². The molecule has 94 valence electrons. The summed E-state index contributed by atoms with van der Waals surface area (Å²) in [5.74, 6) is 0. The molecule has 1 aromatic heterocycles. The summed E-state index contributed by atoms with van der Waals surface area (Å²) in [5.41, 5.74) is 2.77. The number of benzene rings is 1. The van der Waals surface area contributed by atoms with Crippen molar-refractivity contribution in [2.24, 2.45) is 7.05 Å². The van der Waals surface area contributed by atoms with Gasteiger partial charge < -0.3 is 5.32 Å². The summed E-state index contributed by atoms with van der Waals surface area (Å²) in [6.07, 6.45) is 4.30. The van der Waals surface area contributed by atoms with Gasteiger partial charge in [0, 0.05) is 12.5 Å². The van der Waals surface area contributed by atoms with E-state index in [2.05, 4.69) is 46.0 Å². The molecule has 0 saturated heterocycles. The molecule has 0 radical (unpaired) electrons. The van der Waals surface area contributed by atoms with Crippen LogP contribution in [0.4, 0.5) is 0 Å². The third kappa shape index (κ3) is 1.64. The molecule has 1 saturated carbocycles. The van der Waals surface area contributed by atoms with Gasteiger partial charge in [-0.05, 0) is 25.5 Å². The van der Waals surface area contributed by atoms with Crippen LogP contribution >= 0.6 is 0 Å². The fourth-order valence-electron chi connectivity index (χ4n) is 2.92. The summed E-state index contributed by atoms with van der Waals surface area (Å²) in [7, 11) is 3.97. The fraction of sp³-hybridized carbons (Fsp3) is 0.429. The average molecular weight is 242 g/mol. The van der Waals surface area contributed by atoms with Crippen molar-refractivity contribution < 1.29 is 0 Å². The SMILES string of the molecule is CNC(c1cnnn1C)C1(c2ccccc2)CC1. The van der Waals surface area contributed by atoms with Crippen molar-refractivity contribution >= 4 is 0 Å². The van der Waals surface area contributed by atoms with Gasteiger partial charge in [-0.3, -0.25) is 4.68 Å². The number of nitrogens with one attached hydrogen (secondary N) is 1. The zero-order chi connectivity index (χ0) is 12.6. The van der Waals surface area contributed by atoms with Crippen LogP contribution in [0.2, 0.25) is 0 Å². The smallest absolute Gasteiger partial charge is 0.0762 e.